The first kappa shape index (κ1) is 21.0. The lowest BCUT2D eigenvalue weighted by Crippen LogP contribution is -2.45. The van der Waals surface area contributed by atoms with Crippen LogP contribution < -0.4 is 16.4 Å². The van der Waals surface area contributed by atoms with Crippen LogP contribution in [0.2, 0.25) is 0 Å². The molecule has 34 heavy (non-hydrogen) atoms. The molecular formula is C22H29N11O. The number of aromatic amines is 1. The Morgan fingerprint density at radius 1 is 1.21 bits per heavy atom. The minimum Gasteiger partial charge on any atom is -0.382 e. The van der Waals surface area contributed by atoms with Crippen molar-refractivity contribution in [2.75, 3.05) is 17.6 Å². The molecule has 1 atom stereocenters. The molecule has 4 bridgehead atoms. The molecule has 3 aromatic heterocycles. The van der Waals surface area contributed by atoms with Crippen molar-refractivity contribution in [3.8, 4) is 0 Å². The van der Waals surface area contributed by atoms with Crippen molar-refractivity contribution >= 4 is 28.8 Å². The molecule has 0 unspecified atom stereocenters. The Hall–Kier alpha value is -3.57. The molecule has 7 rings (SSSR count). The average Bonchev–Trinajstić information content (AvgIpc) is 3.46. The van der Waals surface area contributed by atoms with Crippen molar-refractivity contribution in [1.82, 2.24) is 45.5 Å². The summed E-state index contributed by atoms with van der Waals surface area (Å²) in [7, 11) is 0. The van der Waals surface area contributed by atoms with Crippen molar-refractivity contribution in [3.63, 3.8) is 0 Å². The van der Waals surface area contributed by atoms with E-state index in [1.807, 2.05) is 4.57 Å². The van der Waals surface area contributed by atoms with Gasteiger partial charge in [0, 0.05) is 13.1 Å². The second kappa shape index (κ2) is 8.33. The summed E-state index contributed by atoms with van der Waals surface area (Å²) in [6.45, 7) is 0.839. The summed E-state index contributed by atoms with van der Waals surface area (Å²) in [5.41, 5.74) is 7.29. The van der Waals surface area contributed by atoms with Crippen LogP contribution in [0.5, 0.6) is 0 Å². The van der Waals surface area contributed by atoms with Crippen LogP contribution in [0.4, 0.5) is 11.8 Å². The zero-order chi connectivity index (χ0) is 23.1. The number of hydrogen-bond donors (Lipinski definition) is 4. The monoisotopic (exact) mass is 463 g/mol. The number of nitrogens with zero attached hydrogens (tertiary/aromatic N) is 7. The quantitative estimate of drug-likeness (QED) is 0.360. The van der Waals surface area contributed by atoms with Gasteiger partial charge in [-0.05, 0) is 73.0 Å². The molecule has 178 valence electrons. The summed E-state index contributed by atoms with van der Waals surface area (Å²) >= 11 is 0. The maximum atomic E-state index is 13.0. The van der Waals surface area contributed by atoms with E-state index in [0.717, 1.165) is 17.8 Å². The molecule has 4 aliphatic carbocycles. The predicted molar refractivity (Wildman–Crippen MR) is 124 cm³/mol. The van der Waals surface area contributed by atoms with E-state index in [1.165, 1.54) is 44.9 Å². The summed E-state index contributed by atoms with van der Waals surface area (Å²) in [6.07, 6.45) is 14.9. The second-order valence-corrected chi connectivity index (χ2v) is 10.3. The number of amides is 1. The topological polar surface area (TPSA) is 165 Å². The molecular weight excluding hydrogens is 434 g/mol. The first-order valence-electron chi connectivity index (χ1n) is 11.9. The number of nitrogens with one attached hydrogen (secondary N) is 3. The summed E-state index contributed by atoms with van der Waals surface area (Å²) in [4.78, 5) is 25.6. The fraction of sp³-hybridized carbons (Fsp3) is 0.591. The van der Waals surface area contributed by atoms with Gasteiger partial charge in [-0.15, -0.1) is 5.10 Å². The van der Waals surface area contributed by atoms with Crippen molar-refractivity contribution < 1.29 is 4.79 Å². The van der Waals surface area contributed by atoms with E-state index in [-0.39, 0.29) is 17.4 Å². The first-order chi connectivity index (χ1) is 16.6. The molecule has 0 radical (unpaired) electrons. The van der Waals surface area contributed by atoms with Crippen molar-refractivity contribution in [3.05, 3.63) is 24.8 Å². The number of nitrogen functional groups attached to an aromatic ring is 1. The number of tetrazole rings is 1. The van der Waals surface area contributed by atoms with Crippen LogP contribution in [0.25, 0.3) is 11.2 Å². The molecule has 1 amide bonds. The number of rotatable bonds is 8. The van der Waals surface area contributed by atoms with E-state index in [9.17, 15) is 4.79 Å². The van der Waals surface area contributed by atoms with E-state index in [2.05, 4.69) is 52.3 Å². The Bertz CT molecular complexity index is 1170. The molecule has 3 aromatic rings. The second-order valence-electron chi connectivity index (χ2n) is 10.3. The predicted octanol–water partition coefficient (Wildman–Crippen LogP) is 1.29. The summed E-state index contributed by atoms with van der Waals surface area (Å²) in [5, 5.41) is 20.1. The molecule has 0 aromatic carbocycles. The Morgan fingerprint density at radius 3 is 2.68 bits per heavy atom. The van der Waals surface area contributed by atoms with Gasteiger partial charge in [0.05, 0.1) is 12.4 Å². The van der Waals surface area contributed by atoms with Gasteiger partial charge >= 0.3 is 0 Å². The molecule has 4 fully saturated rings. The van der Waals surface area contributed by atoms with E-state index >= 15 is 0 Å². The molecule has 0 aliphatic heterocycles. The van der Waals surface area contributed by atoms with Crippen molar-refractivity contribution in [2.24, 2.45) is 23.2 Å². The van der Waals surface area contributed by atoms with Gasteiger partial charge in [0.1, 0.15) is 11.8 Å². The van der Waals surface area contributed by atoms with Crippen LogP contribution in [0, 0.1) is 23.2 Å². The van der Waals surface area contributed by atoms with Crippen LogP contribution in [-0.4, -0.2) is 58.6 Å². The fourth-order valence-electron chi connectivity index (χ4n) is 6.77. The largest absolute Gasteiger partial charge is 0.382 e. The van der Waals surface area contributed by atoms with Gasteiger partial charge in [-0.2, -0.15) is 5.21 Å². The molecule has 12 heteroatoms. The van der Waals surface area contributed by atoms with E-state index in [1.54, 1.807) is 12.4 Å². The number of fused-ring (bicyclic) bond motifs is 1. The number of hydrogen-bond acceptors (Lipinski definition) is 9. The maximum absolute atomic E-state index is 13.0. The summed E-state index contributed by atoms with van der Waals surface area (Å²) in [5.74, 6) is 3.12. The molecule has 4 saturated carbocycles. The smallest absolute Gasteiger partial charge is 0.263 e. The van der Waals surface area contributed by atoms with E-state index in [0.29, 0.717) is 36.0 Å². The number of imidazole rings is 1. The Labute approximate surface area is 196 Å². The lowest BCUT2D eigenvalue weighted by molar-refractivity contribution is -0.117. The van der Waals surface area contributed by atoms with Gasteiger partial charge in [-0.3, -0.25) is 4.79 Å². The number of H-pyrrole nitrogens is 1. The minimum absolute atomic E-state index is 0.103. The molecule has 3 heterocycles. The number of carbonyl (C=O) groups is 1. The third-order valence-corrected chi connectivity index (χ3v) is 7.72. The highest BCUT2D eigenvalue weighted by molar-refractivity contribution is 5.88. The molecule has 0 spiro atoms. The van der Waals surface area contributed by atoms with E-state index in [4.69, 9.17) is 5.73 Å². The Morgan fingerprint density at radius 2 is 1.97 bits per heavy atom. The van der Waals surface area contributed by atoms with Gasteiger partial charge in [0.25, 0.3) is 5.95 Å². The number of aromatic nitrogens is 8. The Kier molecular flexibility index (Phi) is 5.15. The fourth-order valence-corrected chi connectivity index (χ4v) is 6.77. The van der Waals surface area contributed by atoms with Gasteiger partial charge in [0.2, 0.25) is 5.91 Å². The normalized spacial score (nSPS) is 28.5. The van der Waals surface area contributed by atoms with E-state index < -0.39 is 0 Å². The minimum atomic E-state index is -0.277. The van der Waals surface area contributed by atoms with Crippen LogP contribution in [0.3, 0.4) is 0 Å². The number of allylic oxidation sites excluding steroid dienone is 1. The van der Waals surface area contributed by atoms with Gasteiger partial charge in [-0.1, -0.05) is 11.2 Å². The van der Waals surface area contributed by atoms with Crippen LogP contribution in [0.1, 0.15) is 38.5 Å². The highest BCUT2D eigenvalue weighted by atomic mass is 16.1. The van der Waals surface area contributed by atoms with Gasteiger partial charge in [0.15, 0.2) is 11.5 Å². The van der Waals surface area contributed by atoms with Crippen LogP contribution >= 0.6 is 0 Å². The standard InChI is InChI=1S/C22H29N11O/c23-19-18-20(26-11-25-19)33(12-27-18)10-16(9-24-21-29-31-32-30-21)28-17(34)1-2-22-6-13-3-14(7-22)5-15(4-13)8-22/h1-2,11-16H,3-10H2,(H,28,34)(H2,23,25,26)(H2,24,29,30,31,32)/b2-1+/t13?,14?,15?,16-,22?/m1/s1. The van der Waals surface area contributed by atoms with Crippen molar-refractivity contribution in [2.45, 2.75) is 51.1 Å². The van der Waals surface area contributed by atoms with Gasteiger partial charge < -0.3 is 20.9 Å². The lowest BCUT2D eigenvalue weighted by Gasteiger charge is -2.55. The summed E-state index contributed by atoms with van der Waals surface area (Å²) in [6, 6.07) is -0.277. The molecule has 4 aliphatic rings. The zero-order valence-electron chi connectivity index (χ0n) is 18.9. The average molecular weight is 464 g/mol. The van der Waals surface area contributed by atoms with Gasteiger partial charge in [-0.25, -0.2) is 15.0 Å². The SMILES string of the molecule is Nc1ncnc2c1ncn2C[C@@H](CNc1nn[nH]n1)NC(=O)/C=C/C12CC3CC(CC(C3)C1)C2. The van der Waals surface area contributed by atoms with Crippen LogP contribution in [-0.2, 0) is 11.3 Å². The molecule has 0 saturated heterocycles. The number of anilines is 2. The third-order valence-electron chi connectivity index (χ3n) is 7.72. The van der Waals surface area contributed by atoms with Crippen molar-refractivity contribution in [1.29, 1.82) is 0 Å². The molecule has 12 nitrogen and oxygen atoms in total. The Balaban J connectivity index is 1.17. The highest BCUT2D eigenvalue weighted by Gasteiger charge is 2.49. The number of nitrogens with two attached hydrogens (primary N) is 1. The first-order valence-corrected chi connectivity index (χ1v) is 11.9. The highest BCUT2D eigenvalue weighted by Crippen LogP contribution is 2.60. The number of carbonyl (C=O) groups excluding carboxylic acids is 1. The van der Waals surface area contributed by atoms with Crippen LogP contribution in [0.15, 0.2) is 24.8 Å². The maximum Gasteiger partial charge on any atom is 0.263 e. The zero-order valence-corrected chi connectivity index (χ0v) is 18.9. The lowest BCUT2D eigenvalue weighted by atomic mass is 9.49. The third kappa shape index (κ3) is 4.08. The molecule has 5 N–H and O–H groups in total. The summed E-state index contributed by atoms with van der Waals surface area (Å²) < 4.78 is 1.86.